The van der Waals surface area contributed by atoms with Crippen molar-refractivity contribution in [3.63, 3.8) is 0 Å². The minimum atomic E-state index is 0.0260. The van der Waals surface area contributed by atoms with Crippen LogP contribution in [0.3, 0.4) is 0 Å². The minimum Gasteiger partial charge on any atom is -0.355 e. The van der Waals surface area contributed by atoms with Crippen molar-refractivity contribution in [1.29, 1.82) is 0 Å². The van der Waals surface area contributed by atoms with Crippen molar-refractivity contribution in [2.45, 2.75) is 20.4 Å². The number of fused-ring (bicyclic) bond motifs is 1. The van der Waals surface area contributed by atoms with E-state index in [4.69, 9.17) is 0 Å². The lowest BCUT2D eigenvalue weighted by molar-refractivity contribution is -0.120. The maximum atomic E-state index is 11.7. The van der Waals surface area contributed by atoms with E-state index in [1.54, 1.807) is 6.20 Å². The number of carbonyl (C=O) groups excluding carboxylic acids is 1. The summed E-state index contributed by atoms with van der Waals surface area (Å²) in [4.78, 5) is 16.1. The Morgan fingerprint density at radius 3 is 2.90 bits per heavy atom. The lowest BCUT2D eigenvalue weighted by Gasteiger charge is -2.10. The number of nitrogens with one attached hydrogen (secondary N) is 2. The quantitative estimate of drug-likeness (QED) is 0.842. The van der Waals surface area contributed by atoms with Crippen molar-refractivity contribution in [2.75, 3.05) is 13.1 Å². The predicted octanol–water partition coefficient (Wildman–Crippen LogP) is 2.86. The highest BCUT2D eigenvalue weighted by molar-refractivity contribution is 9.10. The van der Waals surface area contributed by atoms with Crippen LogP contribution in [-0.2, 0) is 11.3 Å². The van der Waals surface area contributed by atoms with Crippen LogP contribution >= 0.6 is 15.9 Å². The van der Waals surface area contributed by atoms with Crippen LogP contribution in [0.25, 0.3) is 10.9 Å². The van der Waals surface area contributed by atoms with E-state index in [2.05, 4.69) is 45.4 Å². The lowest BCUT2D eigenvalue weighted by Crippen LogP contribution is -2.35. The molecule has 112 valence electrons. The molecule has 4 nitrogen and oxygen atoms in total. The van der Waals surface area contributed by atoms with Gasteiger partial charge in [-0.15, -0.1) is 0 Å². The average Bonchev–Trinajstić information content (AvgIpc) is 2.48. The van der Waals surface area contributed by atoms with E-state index in [0.717, 1.165) is 20.9 Å². The number of halogens is 1. The summed E-state index contributed by atoms with van der Waals surface area (Å²) >= 11 is 3.53. The van der Waals surface area contributed by atoms with Crippen LogP contribution in [0.4, 0.5) is 0 Å². The van der Waals surface area contributed by atoms with Gasteiger partial charge in [-0.05, 0) is 23.6 Å². The first-order chi connectivity index (χ1) is 10.1. The molecule has 2 rings (SSSR count). The van der Waals surface area contributed by atoms with E-state index in [0.29, 0.717) is 25.6 Å². The molecule has 0 aliphatic carbocycles. The van der Waals surface area contributed by atoms with Gasteiger partial charge in [-0.3, -0.25) is 9.78 Å². The van der Waals surface area contributed by atoms with Gasteiger partial charge in [0.15, 0.2) is 0 Å². The molecular weight excluding hydrogens is 330 g/mol. The summed E-state index contributed by atoms with van der Waals surface area (Å²) in [6.07, 6.45) is 1.79. The second-order valence-electron chi connectivity index (χ2n) is 5.41. The molecule has 0 radical (unpaired) electrons. The molecule has 0 aliphatic heterocycles. The Morgan fingerprint density at radius 2 is 2.14 bits per heavy atom. The Balaban J connectivity index is 1.95. The molecule has 0 unspecified atom stereocenters. The molecule has 5 heteroatoms. The summed E-state index contributed by atoms with van der Waals surface area (Å²) in [6.45, 7) is 5.80. The fraction of sp³-hybridized carbons (Fsp3) is 0.375. The van der Waals surface area contributed by atoms with Crippen LogP contribution in [0, 0.1) is 5.92 Å². The summed E-state index contributed by atoms with van der Waals surface area (Å²) in [5.74, 6) is 0.492. The van der Waals surface area contributed by atoms with E-state index in [1.807, 2.05) is 24.3 Å². The van der Waals surface area contributed by atoms with E-state index in [1.165, 1.54) is 0 Å². The Morgan fingerprint density at radius 1 is 1.33 bits per heavy atom. The van der Waals surface area contributed by atoms with Crippen LogP contribution in [0.1, 0.15) is 19.4 Å². The fourth-order valence-corrected chi connectivity index (χ4v) is 2.48. The summed E-state index contributed by atoms with van der Waals surface area (Å²) in [5.41, 5.74) is 2.05. The highest BCUT2D eigenvalue weighted by Crippen LogP contribution is 2.24. The molecule has 2 N–H and O–H groups in total. The highest BCUT2D eigenvalue weighted by Gasteiger charge is 2.06. The molecule has 0 saturated heterocycles. The van der Waals surface area contributed by atoms with Crippen LogP contribution < -0.4 is 10.6 Å². The van der Waals surface area contributed by atoms with Gasteiger partial charge in [0.05, 0.1) is 12.1 Å². The van der Waals surface area contributed by atoms with E-state index in [9.17, 15) is 4.79 Å². The molecule has 0 fully saturated rings. The number of nitrogens with zero attached hydrogens (tertiary/aromatic N) is 1. The van der Waals surface area contributed by atoms with E-state index >= 15 is 0 Å². The maximum Gasteiger partial charge on any atom is 0.233 e. The number of carbonyl (C=O) groups is 1. The van der Waals surface area contributed by atoms with Gasteiger partial charge in [0.2, 0.25) is 5.91 Å². The Bertz CT molecular complexity index is 628. The van der Waals surface area contributed by atoms with Gasteiger partial charge >= 0.3 is 0 Å². The number of hydrogen-bond acceptors (Lipinski definition) is 3. The van der Waals surface area contributed by atoms with Gasteiger partial charge in [-0.25, -0.2) is 0 Å². The number of amides is 1. The van der Waals surface area contributed by atoms with Crippen molar-refractivity contribution in [2.24, 2.45) is 5.92 Å². The zero-order chi connectivity index (χ0) is 15.2. The number of aromatic nitrogens is 1. The maximum absolute atomic E-state index is 11.7. The molecule has 0 atom stereocenters. The molecule has 1 aromatic carbocycles. The summed E-state index contributed by atoms with van der Waals surface area (Å²) in [6, 6.07) is 7.99. The van der Waals surface area contributed by atoms with Gasteiger partial charge in [-0.2, -0.15) is 0 Å². The standard InChI is InChI=1S/C16H20BrN3O/c1-11(2)8-20-15(21)10-18-9-12-5-6-14(17)13-4-3-7-19-16(12)13/h3-7,11,18H,8-10H2,1-2H3,(H,20,21). The largest absolute Gasteiger partial charge is 0.355 e. The third-order valence-corrected chi connectivity index (χ3v) is 3.80. The average molecular weight is 350 g/mol. The molecule has 21 heavy (non-hydrogen) atoms. The molecule has 0 saturated carbocycles. The van der Waals surface area contributed by atoms with Crippen molar-refractivity contribution in [3.05, 3.63) is 40.5 Å². The molecule has 1 amide bonds. The van der Waals surface area contributed by atoms with Crippen molar-refractivity contribution in [1.82, 2.24) is 15.6 Å². The van der Waals surface area contributed by atoms with E-state index < -0.39 is 0 Å². The van der Waals surface area contributed by atoms with Crippen LogP contribution in [0.2, 0.25) is 0 Å². The molecule has 0 aliphatic rings. The molecular formula is C16H20BrN3O. The fourth-order valence-electron chi connectivity index (χ4n) is 2.03. The highest BCUT2D eigenvalue weighted by atomic mass is 79.9. The second kappa shape index (κ2) is 7.52. The minimum absolute atomic E-state index is 0.0260. The molecule has 0 bridgehead atoms. The van der Waals surface area contributed by atoms with Gasteiger partial charge in [-0.1, -0.05) is 41.9 Å². The Labute approximate surface area is 133 Å². The number of benzene rings is 1. The Hall–Kier alpha value is -1.46. The summed E-state index contributed by atoms with van der Waals surface area (Å²) < 4.78 is 1.03. The van der Waals surface area contributed by atoms with Crippen molar-refractivity contribution >= 4 is 32.7 Å². The first kappa shape index (κ1) is 15.9. The van der Waals surface area contributed by atoms with Crippen LogP contribution in [0.5, 0.6) is 0 Å². The first-order valence-corrected chi connectivity index (χ1v) is 7.86. The normalized spacial score (nSPS) is 11.0. The van der Waals surface area contributed by atoms with Crippen molar-refractivity contribution < 1.29 is 4.79 Å². The van der Waals surface area contributed by atoms with Crippen LogP contribution in [-0.4, -0.2) is 24.0 Å². The molecule has 0 spiro atoms. The number of hydrogen-bond donors (Lipinski definition) is 2. The molecule has 1 heterocycles. The van der Waals surface area contributed by atoms with Crippen LogP contribution in [0.15, 0.2) is 34.9 Å². The molecule has 1 aromatic heterocycles. The van der Waals surface area contributed by atoms with E-state index in [-0.39, 0.29) is 5.91 Å². The number of rotatable bonds is 6. The monoisotopic (exact) mass is 349 g/mol. The first-order valence-electron chi connectivity index (χ1n) is 7.07. The summed E-state index contributed by atoms with van der Waals surface area (Å²) in [5, 5.41) is 7.14. The SMILES string of the molecule is CC(C)CNC(=O)CNCc1ccc(Br)c2cccnc12. The number of pyridine rings is 1. The van der Waals surface area contributed by atoms with Gasteiger partial charge in [0.25, 0.3) is 0 Å². The van der Waals surface area contributed by atoms with Gasteiger partial charge in [0.1, 0.15) is 0 Å². The third-order valence-electron chi connectivity index (χ3n) is 3.11. The third kappa shape index (κ3) is 4.51. The molecule has 2 aromatic rings. The Kier molecular flexibility index (Phi) is 5.70. The van der Waals surface area contributed by atoms with Crippen molar-refractivity contribution in [3.8, 4) is 0 Å². The zero-order valence-corrected chi connectivity index (χ0v) is 13.9. The zero-order valence-electron chi connectivity index (χ0n) is 12.3. The topological polar surface area (TPSA) is 54.0 Å². The van der Waals surface area contributed by atoms with Gasteiger partial charge in [0, 0.05) is 29.1 Å². The summed E-state index contributed by atoms with van der Waals surface area (Å²) in [7, 11) is 0. The smallest absolute Gasteiger partial charge is 0.233 e. The second-order valence-corrected chi connectivity index (χ2v) is 6.26. The van der Waals surface area contributed by atoms with Gasteiger partial charge < -0.3 is 10.6 Å². The predicted molar refractivity (Wildman–Crippen MR) is 89.0 cm³/mol. The lowest BCUT2D eigenvalue weighted by atomic mass is 10.1.